The van der Waals surface area contributed by atoms with Crippen LogP contribution in [0.15, 0.2) is 54.6 Å². The Bertz CT molecular complexity index is 770. The molecule has 1 fully saturated rings. The van der Waals surface area contributed by atoms with E-state index < -0.39 is 43.2 Å². The Kier molecular flexibility index (Phi) is 6.04. The number of hydrogen-bond acceptors (Lipinski definition) is 6. The lowest BCUT2D eigenvalue weighted by molar-refractivity contribution is -0.231. The molecule has 5 atom stereocenters. The minimum Gasteiger partial charge on any atom is -0.394 e. The SMILES string of the molecule is O=C(Nc1ccccc1)Nc1cccc([C@H]2O[C@H](CO)[C@@H](O)[C@H](O)[C@@H]2O)c1. The molecule has 0 aliphatic carbocycles. The molecule has 3 rings (SSSR count). The van der Waals surface area contributed by atoms with Gasteiger partial charge in [-0.2, -0.15) is 0 Å². The van der Waals surface area contributed by atoms with Crippen LogP contribution < -0.4 is 10.6 Å². The topological polar surface area (TPSA) is 131 Å². The van der Waals surface area contributed by atoms with E-state index in [4.69, 9.17) is 4.74 Å². The molecule has 0 aromatic heterocycles. The maximum atomic E-state index is 12.1. The Morgan fingerprint density at radius 1 is 0.889 bits per heavy atom. The van der Waals surface area contributed by atoms with Crippen molar-refractivity contribution in [3.63, 3.8) is 0 Å². The van der Waals surface area contributed by atoms with E-state index >= 15 is 0 Å². The molecule has 0 spiro atoms. The molecular formula is C19H22N2O6. The number of aliphatic hydroxyl groups is 4. The number of urea groups is 1. The highest BCUT2D eigenvalue weighted by molar-refractivity contribution is 5.99. The molecule has 0 bridgehead atoms. The first-order valence-electron chi connectivity index (χ1n) is 8.53. The van der Waals surface area contributed by atoms with E-state index in [9.17, 15) is 25.2 Å². The molecule has 1 aliphatic heterocycles. The summed E-state index contributed by atoms with van der Waals surface area (Å²) in [4.78, 5) is 12.1. The Labute approximate surface area is 156 Å². The summed E-state index contributed by atoms with van der Waals surface area (Å²) in [5.74, 6) is 0. The first kappa shape index (κ1) is 19.3. The number of nitrogens with one attached hydrogen (secondary N) is 2. The van der Waals surface area contributed by atoms with Crippen LogP contribution in [0.4, 0.5) is 16.2 Å². The maximum Gasteiger partial charge on any atom is 0.323 e. The Balaban J connectivity index is 1.72. The van der Waals surface area contributed by atoms with E-state index in [0.717, 1.165) is 0 Å². The molecule has 8 heteroatoms. The number of rotatable bonds is 4. The van der Waals surface area contributed by atoms with Crippen LogP contribution in [-0.4, -0.2) is 57.5 Å². The summed E-state index contributed by atoms with van der Waals surface area (Å²) >= 11 is 0. The highest BCUT2D eigenvalue weighted by atomic mass is 16.5. The summed E-state index contributed by atoms with van der Waals surface area (Å²) in [5, 5.41) is 44.7. The van der Waals surface area contributed by atoms with Gasteiger partial charge < -0.3 is 35.8 Å². The van der Waals surface area contributed by atoms with Crippen LogP contribution >= 0.6 is 0 Å². The van der Waals surface area contributed by atoms with Crippen LogP contribution in [-0.2, 0) is 4.74 Å². The smallest absolute Gasteiger partial charge is 0.323 e. The minimum absolute atomic E-state index is 0.438. The zero-order chi connectivity index (χ0) is 19.4. The predicted molar refractivity (Wildman–Crippen MR) is 98.2 cm³/mol. The number of aliphatic hydroxyl groups excluding tert-OH is 4. The highest BCUT2D eigenvalue weighted by Crippen LogP contribution is 2.33. The average molecular weight is 374 g/mol. The Hall–Kier alpha value is -2.49. The van der Waals surface area contributed by atoms with Gasteiger partial charge in [0.25, 0.3) is 0 Å². The van der Waals surface area contributed by atoms with E-state index in [1.165, 1.54) is 0 Å². The van der Waals surface area contributed by atoms with Gasteiger partial charge in [0.15, 0.2) is 0 Å². The third-order valence-corrected chi connectivity index (χ3v) is 4.40. The van der Waals surface area contributed by atoms with Crippen LogP contribution in [0.3, 0.4) is 0 Å². The largest absolute Gasteiger partial charge is 0.394 e. The van der Waals surface area contributed by atoms with Crippen molar-refractivity contribution in [1.82, 2.24) is 0 Å². The summed E-state index contributed by atoms with van der Waals surface area (Å²) < 4.78 is 5.53. The minimum atomic E-state index is -1.46. The second-order valence-electron chi connectivity index (χ2n) is 6.32. The molecule has 0 unspecified atom stereocenters. The number of hydrogen-bond donors (Lipinski definition) is 6. The van der Waals surface area contributed by atoms with E-state index in [1.807, 2.05) is 6.07 Å². The van der Waals surface area contributed by atoms with Crippen molar-refractivity contribution < 1.29 is 30.0 Å². The lowest BCUT2D eigenvalue weighted by Gasteiger charge is -2.40. The highest BCUT2D eigenvalue weighted by Gasteiger charge is 2.43. The monoisotopic (exact) mass is 374 g/mol. The zero-order valence-electron chi connectivity index (χ0n) is 14.4. The molecule has 0 saturated carbocycles. The number of anilines is 2. The van der Waals surface area contributed by atoms with Crippen molar-refractivity contribution in [2.24, 2.45) is 0 Å². The molecular weight excluding hydrogens is 352 g/mol. The normalized spacial score (nSPS) is 27.8. The van der Waals surface area contributed by atoms with Gasteiger partial charge in [-0.15, -0.1) is 0 Å². The van der Waals surface area contributed by atoms with Crippen LogP contribution in [0.25, 0.3) is 0 Å². The fourth-order valence-corrected chi connectivity index (χ4v) is 2.99. The lowest BCUT2D eigenvalue weighted by Crippen LogP contribution is -2.55. The summed E-state index contributed by atoms with van der Waals surface area (Å²) in [6.07, 6.45) is -6.21. The molecule has 8 nitrogen and oxygen atoms in total. The van der Waals surface area contributed by atoms with Crippen molar-refractivity contribution in [3.8, 4) is 0 Å². The third kappa shape index (κ3) is 4.44. The Morgan fingerprint density at radius 3 is 2.26 bits per heavy atom. The van der Waals surface area contributed by atoms with Crippen LogP contribution in [0.5, 0.6) is 0 Å². The van der Waals surface area contributed by atoms with Gasteiger partial charge in [0, 0.05) is 11.4 Å². The van der Waals surface area contributed by atoms with Crippen LogP contribution in [0, 0.1) is 0 Å². The molecule has 6 N–H and O–H groups in total. The standard InChI is InChI=1S/C19H22N2O6/c22-10-14-15(23)16(24)17(25)18(27-14)11-5-4-8-13(9-11)21-19(26)20-12-6-2-1-3-7-12/h1-9,14-18,22-25H,10H2,(H2,20,21,26)/t14-,15-,16+,17+,18-/m1/s1. The number of ether oxygens (including phenoxy) is 1. The van der Waals surface area contributed by atoms with Crippen molar-refractivity contribution in [2.45, 2.75) is 30.5 Å². The summed E-state index contributed by atoms with van der Waals surface area (Å²) in [5.41, 5.74) is 1.59. The number of carbonyl (C=O) groups excluding carboxylic acids is 1. The van der Waals surface area contributed by atoms with Gasteiger partial charge in [-0.05, 0) is 29.8 Å². The molecule has 2 amide bonds. The van der Waals surface area contributed by atoms with Gasteiger partial charge >= 0.3 is 6.03 Å². The number of carbonyl (C=O) groups is 1. The predicted octanol–water partition coefficient (Wildman–Crippen LogP) is 0.845. The first-order valence-corrected chi connectivity index (χ1v) is 8.53. The molecule has 1 heterocycles. The van der Waals surface area contributed by atoms with Gasteiger partial charge in [-0.1, -0.05) is 30.3 Å². The Morgan fingerprint density at radius 2 is 1.56 bits per heavy atom. The van der Waals surface area contributed by atoms with E-state index in [2.05, 4.69) is 10.6 Å². The summed E-state index contributed by atoms with van der Waals surface area (Å²) in [6, 6.07) is 15.1. The zero-order valence-corrected chi connectivity index (χ0v) is 14.4. The third-order valence-electron chi connectivity index (χ3n) is 4.40. The molecule has 2 aromatic carbocycles. The van der Waals surface area contributed by atoms with Gasteiger partial charge in [0.2, 0.25) is 0 Å². The van der Waals surface area contributed by atoms with Crippen molar-refractivity contribution in [2.75, 3.05) is 17.2 Å². The maximum absolute atomic E-state index is 12.1. The van der Waals surface area contributed by atoms with Gasteiger partial charge in [-0.25, -0.2) is 4.79 Å². The number of benzene rings is 2. The lowest BCUT2D eigenvalue weighted by atomic mass is 9.91. The number of amides is 2. The van der Waals surface area contributed by atoms with Crippen LogP contribution in [0.1, 0.15) is 11.7 Å². The molecule has 1 aliphatic rings. The van der Waals surface area contributed by atoms with Gasteiger partial charge in [0.05, 0.1) is 6.61 Å². The second-order valence-corrected chi connectivity index (χ2v) is 6.32. The van der Waals surface area contributed by atoms with E-state index in [0.29, 0.717) is 16.9 Å². The van der Waals surface area contributed by atoms with E-state index in [-0.39, 0.29) is 0 Å². The van der Waals surface area contributed by atoms with Crippen molar-refractivity contribution in [3.05, 3.63) is 60.2 Å². The van der Waals surface area contributed by atoms with Crippen LogP contribution in [0.2, 0.25) is 0 Å². The summed E-state index contributed by atoms with van der Waals surface area (Å²) in [7, 11) is 0. The number of para-hydroxylation sites is 1. The quantitative estimate of drug-likeness (QED) is 0.470. The molecule has 0 radical (unpaired) electrons. The molecule has 144 valence electrons. The fraction of sp³-hybridized carbons (Fsp3) is 0.316. The van der Waals surface area contributed by atoms with Gasteiger partial charge in [-0.3, -0.25) is 0 Å². The molecule has 1 saturated heterocycles. The summed E-state index contributed by atoms with van der Waals surface area (Å²) in [6.45, 7) is -0.501. The fourth-order valence-electron chi connectivity index (χ4n) is 2.99. The van der Waals surface area contributed by atoms with Gasteiger partial charge in [0.1, 0.15) is 30.5 Å². The van der Waals surface area contributed by atoms with E-state index in [1.54, 1.807) is 48.5 Å². The molecule has 27 heavy (non-hydrogen) atoms. The van der Waals surface area contributed by atoms with Crippen molar-refractivity contribution >= 4 is 17.4 Å². The van der Waals surface area contributed by atoms with Crippen molar-refractivity contribution in [1.29, 1.82) is 0 Å². The second kappa shape index (κ2) is 8.47. The first-order chi connectivity index (χ1) is 13.0. The average Bonchev–Trinajstić information content (AvgIpc) is 2.67. The molecule has 2 aromatic rings.